The first-order valence-corrected chi connectivity index (χ1v) is 4.25. The molecule has 0 amide bonds. The molecule has 3 nitrogen and oxygen atoms in total. The molecular formula is C9H16NO2. The zero-order chi connectivity index (χ0) is 8.97. The summed E-state index contributed by atoms with van der Waals surface area (Å²) in [7, 11) is 0. The Labute approximate surface area is 73.4 Å². The largest absolute Gasteiger partial charge is 0.389 e. The lowest BCUT2D eigenvalue weighted by Crippen LogP contribution is -2.49. The third-order valence-electron chi connectivity index (χ3n) is 2.08. The molecule has 2 N–H and O–H groups in total. The van der Waals surface area contributed by atoms with Gasteiger partial charge in [0.25, 0.3) is 0 Å². The van der Waals surface area contributed by atoms with Crippen LogP contribution in [-0.4, -0.2) is 29.9 Å². The van der Waals surface area contributed by atoms with E-state index >= 15 is 0 Å². The number of aliphatic hydroxyl groups excluding tert-OH is 1. The van der Waals surface area contributed by atoms with Gasteiger partial charge < -0.3 is 15.2 Å². The zero-order valence-corrected chi connectivity index (χ0v) is 7.36. The molecule has 69 valence electrons. The van der Waals surface area contributed by atoms with Gasteiger partial charge in [0.15, 0.2) is 0 Å². The molecule has 1 fully saturated rings. The normalized spacial score (nSPS) is 36.3. The number of aliphatic hydroxyl groups is 1. The Bertz CT molecular complexity index is 149. The van der Waals surface area contributed by atoms with Gasteiger partial charge in [-0.1, -0.05) is 6.08 Å². The van der Waals surface area contributed by atoms with Gasteiger partial charge in [-0.15, -0.1) is 6.58 Å². The van der Waals surface area contributed by atoms with Crippen molar-refractivity contribution >= 4 is 0 Å². The van der Waals surface area contributed by atoms with E-state index in [1.807, 2.05) is 6.92 Å². The van der Waals surface area contributed by atoms with Gasteiger partial charge in [0.1, 0.15) is 0 Å². The minimum Gasteiger partial charge on any atom is -0.389 e. The van der Waals surface area contributed by atoms with Crippen LogP contribution in [0.3, 0.4) is 0 Å². The Kier molecular flexibility index (Phi) is 3.72. The maximum Gasteiger partial charge on any atom is 0.0952 e. The summed E-state index contributed by atoms with van der Waals surface area (Å²) in [5, 5.41) is 12.8. The number of ether oxygens (including phenoxy) is 1. The second-order valence-corrected chi connectivity index (χ2v) is 3.04. The van der Waals surface area contributed by atoms with E-state index in [0.29, 0.717) is 0 Å². The van der Waals surface area contributed by atoms with Gasteiger partial charge in [-0.05, 0) is 13.3 Å². The maximum atomic E-state index is 9.62. The Balaban J connectivity index is 2.35. The average molecular weight is 170 g/mol. The molecule has 0 bridgehead atoms. The van der Waals surface area contributed by atoms with E-state index in [1.165, 1.54) is 0 Å². The SMILES string of the molecule is C=CCNC1C[CH]OC(C)C1O. The highest BCUT2D eigenvalue weighted by molar-refractivity contribution is 4.89. The summed E-state index contributed by atoms with van der Waals surface area (Å²) in [4.78, 5) is 0. The topological polar surface area (TPSA) is 41.5 Å². The van der Waals surface area contributed by atoms with Gasteiger partial charge in [-0.3, -0.25) is 0 Å². The summed E-state index contributed by atoms with van der Waals surface area (Å²) < 4.78 is 5.16. The van der Waals surface area contributed by atoms with E-state index in [9.17, 15) is 5.11 Å². The van der Waals surface area contributed by atoms with Gasteiger partial charge >= 0.3 is 0 Å². The van der Waals surface area contributed by atoms with Gasteiger partial charge in [0.2, 0.25) is 0 Å². The predicted octanol–water partition coefficient (Wildman–Crippen LogP) is 0.462. The molecule has 3 atom stereocenters. The Hall–Kier alpha value is -0.380. The molecule has 1 aliphatic rings. The molecule has 1 heterocycles. The van der Waals surface area contributed by atoms with Crippen molar-refractivity contribution in [1.29, 1.82) is 0 Å². The molecule has 3 unspecified atom stereocenters. The number of hydrogen-bond donors (Lipinski definition) is 2. The minimum atomic E-state index is -0.421. The summed E-state index contributed by atoms with van der Waals surface area (Å²) in [6.45, 7) is 7.94. The van der Waals surface area contributed by atoms with Gasteiger partial charge in [-0.2, -0.15) is 0 Å². The summed E-state index contributed by atoms with van der Waals surface area (Å²) in [6.07, 6.45) is 2.00. The van der Waals surface area contributed by atoms with E-state index < -0.39 is 6.10 Å². The van der Waals surface area contributed by atoms with Crippen LogP contribution in [0.1, 0.15) is 13.3 Å². The van der Waals surface area contributed by atoms with Crippen LogP contribution in [0.5, 0.6) is 0 Å². The molecule has 1 saturated heterocycles. The average Bonchev–Trinajstić information content (AvgIpc) is 2.08. The molecule has 0 spiro atoms. The fourth-order valence-corrected chi connectivity index (χ4v) is 1.30. The highest BCUT2D eigenvalue weighted by Crippen LogP contribution is 2.16. The molecule has 1 aliphatic heterocycles. The van der Waals surface area contributed by atoms with Crippen LogP contribution in [0.4, 0.5) is 0 Å². The van der Waals surface area contributed by atoms with Crippen molar-refractivity contribution in [2.45, 2.75) is 31.6 Å². The molecule has 1 rings (SSSR count). The molecule has 0 aliphatic carbocycles. The second-order valence-electron chi connectivity index (χ2n) is 3.04. The number of rotatable bonds is 3. The Morgan fingerprint density at radius 3 is 3.25 bits per heavy atom. The number of hydrogen-bond acceptors (Lipinski definition) is 3. The first-order valence-electron chi connectivity index (χ1n) is 4.25. The standard InChI is InChI=1S/C9H16NO2/c1-3-5-10-8-4-6-12-7(2)9(8)11/h3,6-11H,1,4-5H2,2H3. The van der Waals surface area contributed by atoms with Crippen LogP contribution < -0.4 is 5.32 Å². The second kappa shape index (κ2) is 4.60. The third kappa shape index (κ3) is 2.30. The van der Waals surface area contributed by atoms with Crippen LogP contribution >= 0.6 is 0 Å². The van der Waals surface area contributed by atoms with Crippen LogP contribution in [0.15, 0.2) is 12.7 Å². The molecule has 0 aromatic carbocycles. The van der Waals surface area contributed by atoms with Crippen molar-refractivity contribution in [3.63, 3.8) is 0 Å². The van der Waals surface area contributed by atoms with Gasteiger partial charge in [0.05, 0.1) is 18.8 Å². The maximum absolute atomic E-state index is 9.62. The van der Waals surface area contributed by atoms with Crippen LogP contribution in [0.2, 0.25) is 0 Å². The van der Waals surface area contributed by atoms with E-state index in [1.54, 1.807) is 12.7 Å². The summed E-state index contributed by atoms with van der Waals surface area (Å²) in [6, 6.07) is 0.103. The van der Waals surface area contributed by atoms with E-state index in [2.05, 4.69) is 11.9 Å². The molecule has 0 aromatic rings. The summed E-state index contributed by atoms with van der Waals surface area (Å²) >= 11 is 0. The van der Waals surface area contributed by atoms with Crippen molar-refractivity contribution in [3.05, 3.63) is 19.3 Å². The van der Waals surface area contributed by atoms with Crippen molar-refractivity contribution in [1.82, 2.24) is 5.32 Å². The third-order valence-corrected chi connectivity index (χ3v) is 2.08. The highest BCUT2D eigenvalue weighted by Gasteiger charge is 2.28. The van der Waals surface area contributed by atoms with Crippen LogP contribution in [-0.2, 0) is 4.74 Å². The molecular weight excluding hydrogens is 154 g/mol. The summed E-state index contributed by atoms with van der Waals surface area (Å²) in [5.41, 5.74) is 0. The van der Waals surface area contributed by atoms with Crippen molar-refractivity contribution in [2.24, 2.45) is 0 Å². The molecule has 12 heavy (non-hydrogen) atoms. The van der Waals surface area contributed by atoms with Gasteiger partial charge in [0, 0.05) is 12.6 Å². The minimum absolute atomic E-state index is 0.103. The lowest BCUT2D eigenvalue weighted by Gasteiger charge is -2.32. The predicted molar refractivity (Wildman–Crippen MR) is 47.5 cm³/mol. The number of nitrogens with one attached hydrogen (secondary N) is 1. The van der Waals surface area contributed by atoms with Crippen molar-refractivity contribution < 1.29 is 9.84 Å². The first-order chi connectivity index (χ1) is 5.75. The van der Waals surface area contributed by atoms with E-state index in [0.717, 1.165) is 13.0 Å². The monoisotopic (exact) mass is 170 g/mol. The van der Waals surface area contributed by atoms with Crippen LogP contribution in [0, 0.1) is 6.61 Å². The fourth-order valence-electron chi connectivity index (χ4n) is 1.30. The first kappa shape index (κ1) is 9.71. The smallest absolute Gasteiger partial charge is 0.0952 e. The summed E-state index contributed by atoms with van der Waals surface area (Å²) in [5.74, 6) is 0. The van der Waals surface area contributed by atoms with Crippen molar-refractivity contribution in [2.75, 3.05) is 6.54 Å². The lowest BCUT2D eigenvalue weighted by molar-refractivity contribution is -0.0516. The fraction of sp³-hybridized carbons (Fsp3) is 0.667. The highest BCUT2D eigenvalue weighted by atomic mass is 16.5. The molecule has 1 radical (unpaired) electrons. The van der Waals surface area contributed by atoms with E-state index in [4.69, 9.17) is 4.74 Å². The van der Waals surface area contributed by atoms with E-state index in [-0.39, 0.29) is 12.1 Å². The Morgan fingerprint density at radius 2 is 2.58 bits per heavy atom. The quantitative estimate of drug-likeness (QED) is 0.605. The lowest BCUT2D eigenvalue weighted by atomic mass is 10.0. The van der Waals surface area contributed by atoms with Crippen molar-refractivity contribution in [3.8, 4) is 0 Å². The van der Waals surface area contributed by atoms with Gasteiger partial charge in [-0.25, -0.2) is 0 Å². The molecule has 0 saturated carbocycles. The molecule has 0 aromatic heterocycles. The molecule has 3 heteroatoms. The van der Waals surface area contributed by atoms with Crippen LogP contribution in [0.25, 0.3) is 0 Å². The zero-order valence-electron chi connectivity index (χ0n) is 7.36. The Morgan fingerprint density at radius 1 is 1.83 bits per heavy atom.